The highest BCUT2D eigenvalue weighted by molar-refractivity contribution is 7.16. The Kier molecular flexibility index (Phi) is 6.27. The second-order valence-electron chi connectivity index (χ2n) is 6.03. The number of anilines is 1. The summed E-state index contributed by atoms with van der Waals surface area (Å²) in [5, 5.41) is 3.21. The molecule has 2 rings (SSSR count). The monoisotopic (exact) mass is 361 g/mol. The molecule has 6 nitrogen and oxygen atoms in total. The van der Waals surface area contributed by atoms with Crippen LogP contribution in [0.5, 0.6) is 0 Å². The van der Waals surface area contributed by atoms with E-state index in [9.17, 15) is 9.59 Å². The van der Waals surface area contributed by atoms with E-state index in [1.54, 1.807) is 6.92 Å². The molecule has 0 aliphatic rings. The molecule has 1 aromatic carbocycles. The van der Waals surface area contributed by atoms with Gasteiger partial charge in [-0.05, 0) is 13.3 Å². The van der Waals surface area contributed by atoms with Gasteiger partial charge < -0.3 is 15.8 Å². The van der Waals surface area contributed by atoms with Crippen LogP contribution in [0.1, 0.15) is 31.6 Å². The molecule has 0 bridgehead atoms. The zero-order chi connectivity index (χ0) is 18.4. The number of esters is 1. The van der Waals surface area contributed by atoms with E-state index in [2.05, 4.69) is 10.3 Å². The van der Waals surface area contributed by atoms with Crippen molar-refractivity contribution in [1.29, 1.82) is 0 Å². The molecule has 7 heteroatoms. The zero-order valence-corrected chi connectivity index (χ0v) is 15.5. The number of benzene rings is 1. The summed E-state index contributed by atoms with van der Waals surface area (Å²) in [5.74, 6) is -0.638. The van der Waals surface area contributed by atoms with E-state index in [1.807, 2.05) is 37.3 Å². The van der Waals surface area contributed by atoms with Gasteiger partial charge in [0.05, 0.1) is 24.8 Å². The minimum Gasteiger partial charge on any atom is -0.469 e. The fourth-order valence-electron chi connectivity index (χ4n) is 2.42. The molecule has 25 heavy (non-hydrogen) atoms. The van der Waals surface area contributed by atoms with Crippen LogP contribution in [0.4, 0.5) is 5.13 Å². The molecule has 0 spiro atoms. The summed E-state index contributed by atoms with van der Waals surface area (Å²) >= 11 is 1.26. The van der Waals surface area contributed by atoms with Crippen molar-refractivity contribution in [3.63, 3.8) is 0 Å². The molecule has 0 fully saturated rings. The Hall–Kier alpha value is -2.25. The molecule has 134 valence electrons. The first-order chi connectivity index (χ1) is 11.9. The lowest BCUT2D eigenvalue weighted by Crippen LogP contribution is -2.48. The molecule has 1 unspecified atom stereocenters. The number of nitrogens with two attached hydrogens (primary N) is 1. The second kappa shape index (κ2) is 8.22. The Morgan fingerprint density at radius 1 is 1.32 bits per heavy atom. The molecule has 1 heterocycles. The molecule has 0 saturated carbocycles. The van der Waals surface area contributed by atoms with Crippen LogP contribution in [-0.2, 0) is 20.7 Å². The number of nitrogens with one attached hydrogen (secondary N) is 1. The summed E-state index contributed by atoms with van der Waals surface area (Å²) in [5.41, 5.74) is 6.65. The van der Waals surface area contributed by atoms with Crippen molar-refractivity contribution in [2.45, 2.75) is 38.6 Å². The van der Waals surface area contributed by atoms with Gasteiger partial charge in [-0.3, -0.25) is 9.59 Å². The highest BCUT2D eigenvalue weighted by Gasteiger charge is 2.28. The minimum atomic E-state index is -0.962. The van der Waals surface area contributed by atoms with Crippen LogP contribution in [0, 0.1) is 0 Å². The highest BCUT2D eigenvalue weighted by Crippen LogP contribution is 2.32. The molecule has 2 aromatic rings. The Bertz CT molecular complexity index is 741. The zero-order valence-electron chi connectivity index (χ0n) is 14.7. The maximum atomic E-state index is 12.4. The van der Waals surface area contributed by atoms with Crippen molar-refractivity contribution in [1.82, 2.24) is 4.98 Å². The average Bonchev–Trinajstić information content (AvgIpc) is 2.97. The van der Waals surface area contributed by atoms with Crippen molar-refractivity contribution >= 4 is 28.3 Å². The van der Waals surface area contributed by atoms with Crippen molar-refractivity contribution in [2.75, 3.05) is 12.4 Å². The smallest absolute Gasteiger partial charge is 0.310 e. The summed E-state index contributed by atoms with van der Waals surface area (Å²) in [7, 11) is 1.35. The van der Waals surface area contributed by atoms with Crippen LogP contribution in [0.2, 0.25) is 0 Å². The number of rotatable bonds is 7. The van der Waals surface area contributed by atoms with Crippen LogP contribution >= 0.6 is 11.3 Å². The lowest BCUT2D eigenvalue weighted by molar-refractivity contribution is -0.139. The van der Waals surface area contributed by atoms with E-state index in [0.717, 1.165) is 16.9 Å². The summed E-state index contributed by atoms with van der Waals surface area (Å²) in [4.78, 5) is 29.3. The maximum absolute atomic E-state index is 12.4. The molecular weight excluding hydrogens is 338 g/mol. The quantitative estimate of drug-likeness (QED) is 0.739. The van der Waals surface area contributed by atoms with Gasteiger partial charge >= 0.3 is 5.97 Å². The molecule has 0 radical (unpaired) electrons. The van der Waals surface area contributed by atoms with Crippen molar-refractivity contribution < 1.29 is 14.3 Å². The molecule has 1 amide bonds. The fraction of sp³-hybridized carbons (Fsp3) is 0.389. The Morgan fingerprint density at radius 2 is 2.00 bits per heavy atom. The van der Waals surface area contributed by atoms with Crippen molar-refractivity contribution in [2.24, 2.45) is 5.73 Å². The number of hydrogen-bond donors (Lipinski definition) is 2. The first-order valence-electron chi connectivity index (χ1n) is 8.09. The van der Waals surface area contributed by atoms with Gasteiger partial charge in [-0.1, -0.05) is 43.7 Å². The second-order valence-corrected chi connectivity index (χ2v) is 7.11. The largest absolute Gasteiger partial charge is 0.469 e. The average molecular weight is 361 g/mol. The Labute approximate surface area is 151 Å². The number of nitrogens with zero attached hydrogens (tertiary/aromatic N) is 1. The lowest BCUT2D eigenvalue weighted by atomic mass is 9.97. The van der Waals surface area contributed by atoms with Crippen LogP contribution in [0.15, 0.2) is 30.3 Å². The summed E-state index contributed by atoms with van der Waals surface area (Å²) in [6.07, 6.45) is 1.48. The molecule has 1 aromatic heterocycles. The number of carbonyl (C=O) groups excluding carboxylic acids is 2. The molecule has 3 N–H and O–H groups in total. The van der Waals surface area contributed by atoms with Gasteiger partial charge in [0, 0.05) is 10.4 Å². The fourth-order valence-corrected chi connectivity index (χ4v) is 3.39. The normalized spacial score (nSPS) is 13.1. The predicted octanol–water partition coefficient (Wildman–Crippen LogP) is 2.98. The Balaban J connectivity index is 2.31. The van der Waals surface area contributed by atoms with Gasteiger partial charge in [0.15, 0.2) is 5.13 Å². The minimum absolute atomic E-state index is 0.100. The maximum Gasteiger partial charge on any atom is 0.310 e. The molecular formula is C18H23N3O3S. The van der Waals surface area contributed by atoms with Gasteiger partial charge in [-0.2, -0.15) is 0 Å². The summed E-state index contributed by atoms with van der Waals surface area (Å²) in [6, 6.07) is 9.51. The molecule has 0 aliphatic carbocycles. The van der Waals surface area contributed by atoms with E-state index in [4.69, 9.17) is 10.5 Å². The lowest BCUT2D eigenvalue weighted by Gasteiger charge is -2.21. The van der Waals surface area contributed by atoms with Gasteiger partial charge in [-0.15, -0.1) is 11.3 Å². The summed E-state index contributed by atoms with van der Waals surface area (Å²) < 4.78 is 4.75. The number of methoxy groups -OCH3 is 1. The van der Waals surface area contributed by atoms with Gasteiger partial charge in [0.25, 0.3) is 0 Å². The van der Waals surface area contributed by atoms with E-state index < -0.39 is 5.54 Å². The van der Waals surface area contributed by atoms with E-state index in [-0.39, 0.29) is 18.3 Å². The standard InChI is InChI=1S/C18H23N3O3S/c1-4-10-18(2,19)16(23)21-17-20-15(12-8-6-5-7-9-12)13(25-17)11-14(22)24-3/h5-9H,4,10-11,19H2,1-3H3,(H,20,21,23). The van der Waals surface area contributed by atoms with Gasteiger partial charge in [0.1, 0.15) is 0 Å². The van der Waals surface area contributed by atoms with Gasteiger partial charge in [-0.25, -0.2) is 4.98 Å². The van der Waals surface area contributed by atoms with E-state index in [0.29, 0.717) is 17.2 Å². The third-order valence-corrected chi connectivity index (χ3v) is 4.76. The van der Waals surface area contributed by atoms with Gasteiger partial charge in [0.2, 0.25) is 5.91 Å². The Morgan fingerprint density at radius 3 is 2.60 bits per heavy atom. The number of aromatic nitrogens is 1. The highest BCUT2D eigenvalue weighted by atomic mass is 32.1. The first-order valence-corrected chi connectivity index (χ1v) is 8.91. The third kappa shape index (κ3) is 4.87. The van der Waals surface area contributed by atoms with Crippen molar-refractivity contribution in [3.8, 4) is 11.3 Å². The number of thiazole rings is 1. The van der Waals surface area contributed by atoms with E-state index in [1.165, 1.54) is 18.4 Å². The van der Waals surface area contributed by atoms with Crippen LogP contribution < -0.4 is 11.1 Å². The summed E-state index contributed by atoms with van der Waals surface area (Å²) in [6.45, 7) is 3.68. The third-order valence-electron chi connectivity index (χ3n) is 3.79. The molecule has 0 saturated heterocycles. The van der Waals surface area contributed by atoms with Crippen LogP contribution in [-0.4, -0.2) is 29.5 Å². The van der Waals surface area contributed by atoms with Crippen LogP contribution in [0.25, 0.3) is 11.3 Å². The molecule has 0 aliphatic heterocycles. The molecule has 1 atom stereocenters. The van der Waals surface area contributed by atoms with Crippen molar-refractivity contribution in [3.05, 3.63) is 35.2 Å². The SMILES string of the molecule is CCCC(C)(N)C(=O)Nc1nc(-c2ccccc2)c(CC(=O)OC)s1. The first kappa shape index (κ1) is 19.1. The number of amides is 1. The van der Waals surface area contributed by atoms with E-state index >= 15 is 0 Å². The number of carbonyl (C=O) groups is 2. The van der Waals surface area contributed by atoms with Crippen LogP contribution in [0.3, 0.4) is 0 Å². The number of ether oxygens (including phenoxy) is 1. The topological polar surface area (TPSA) is 94.3 Å². The predicted molar refractivity (Wildman–Crippen MR) is 99.4 cm³/mol. The number of hydrogen-bond acceptors (Lipinski definition) is 6.